The Morgan fingerprint density at radius 2 is 1.54 bits per heavy atom. The number of likely N-dealkylation sites (tertiary alicyclic amines) is 1. The molecule has 0 aliphatic carbocycles. The fourth-order valence-electron chi connectivity index (χ4n) is 5.66. The van der Waals surface area contributed by atoms with Crippen LogP contribution in [0.5, 0.6) is 0 Å². The van der Waals surface area contributed by atoms with Gasteiger partial charge in [-0.15, -0.1) is 11.8 Å². The second-order valence-electron chi connectivity index (χ2n) is 15.7. The molecule has 2 aliphatic rings. The summed E-state index contributed by atoms with van der Waals surface area (Å²) in [5.74, 6) is -1.72. The molecule has 2 rings (SSSR count). The van der Waals surface area contributed by atoms with Crippen molar-refractivity contribution in [2.24, 2.45) is 22.2 Å². The Bertz CT molecular complexity index is 1130. The van der Waals surface area contributed by atoms with E-state index in [1.807, 2.05) is 67.2 Å². The highest BCUT2D eigenvalue weighted by molar-refractivity contribution is 8.13. The molecule has 3 atom stereocenters. The number of esters is 1. The molecule has 2 saturated heterocycles. The van der Waals surface area contributed by atoms with Crippen LogP contribution in [-0.4, -0.2) is 99.0 Å². The van der Waals surface area contributed by atoms with Gasteiger partial charge in [-0.25, -0.2) is 4.57 Å². The van der Waals surface area contributed by atoms with Gasteiger partial charge in [0.1, 0.15) is 0 Å². The summed E-state index contributed by atoms with van der Waals surface area (Å²) in [6.45, 7) is 21.4. The summed E-state index contributed by atoms with van der Waals surface area (Å²) in [5, 5.41) is 16.4. The van der Waals surface area contributed by atoms with Crippen molar-refractivity contribution in [3.05, 3.63) is 0 Å². The number of imide groups is 1. The van der Waals surface area contributed by atoms with Gasteiger partial charge in [0.15, 0.2) is 0 Å². The van der Waals surface area contributed by atoms with E-state index in [1.165, 1.54) is 6.42 Å². The molecule has 0 aromatic carbocycles. The van der Waals surface area contributed by atoms with Crippen molar-refractivity contribution in [1.29, 1.82) is 0 Å². The molecule has 0 bridgehead atoms. The number of hydrogen-bond acceptors (Lipinski definition) is 12. The minimum atomic E-state index is -4.34. The van der Waals surface area contributed by atoms with Gasteiger partial charge in [-0.3, -0.25) is 37.9 Å². The molecule has 14 nitrogen and oxygen atoms in total. The molecule has 0 aromatic heterocycles. The number of amides is 3. The van der Waals surface area contributed by atoms with Gasteiger partial charge in [-0.2, -0.15) is 12.6 Å². The van der Waals surface area contributed by atoms with Crippen LogP contribution >= 0.6 is 32.2 Å². The summed E-state index contributed by atoms with van der Waals surface area (Å²) < 4.78 is 27.7. The monoisotopic (exact) mass is 774 g/mol. The lowest BCUT2D eigenvalue weighted by molar-refractivity contribution is -0.156. The standard InChI is InChI=1S/C25H45N2O9P.C6H12S2.CH2O2.CH4O/c1-23(2,3)17-25(7,8)22(31)34-13-9-14-35-37(32,33)36-15-11-26-19(28)10-12-27-20(29)16-18(21(27)30)24(4,5)6;1-5(2)4-6(3,7)8-5;2-1-3;1-2/h18H,9-17H2,1-8H3,(H,26,28)(H,32,33);7H,4H2,1-3H3;1H,(H,2,3);2H,1H3. The maximum Gasteiger partial charge on any atom is 0.472 e. The van der Waals surface area contributed by atoms with Crippen molar-refractivity contribution in [3.63, 3.8) is 0 Å². The van der Waals surface area contributed by atoms with E-state index in [1.54, 1.807) is 0 Å². The normalized spacial score (nSPS) is 21.1. The highest BCUT2D eigenvalue weighted by Gasteiger charge is 2.45. The van der Waals surface area contributed by atoms with Crippen molar-refractivity contribution in [3.8, 4) is 0 Å². The zero-order valence-corrected chi connectivity index (χ0v) is 34.6. The summed E-state index contributed by atoms with van der Waals surface area (Å²) in [7, 11) is -3.34. The maximum atomic E-state index is 12.5. The summed E-state index contributed by atoms with van der Waals surface area (Å²) in [6.07, 6.45) is 2.16. The Morgan fingerprint density at radius 1 is 1.04 bits per heavy atom. The van der Waals surface area contributed by atoms with Crippen molar-refractivity contribution < 1.29 is 57.4 Å². The van der Waals surface area contributed by atoms with Gasteiger partial charge in [-0.1, -0.05) is 55.4 Å². The van der Waals surface area contributed by atoms with Crippen LogP contribution in [0.2, 0.25) is 0 Å². The number of carboxylic acid groups (broad SMARTS) is 1. The number of hydrogen-bond donors (Lipinski definition) is 5. The molecule has 2 aliphatic heterocycles. The number of carbonyl (C=O) groups is 5. The zero-order chi connectivity index (χ0) is 39.8. The first-order chi connectivity index (χ1) is 22.6. The van der Waals surface area contributed by atoms with Crippen LogP contribution in [-0.2, 0) is 42.3 Å². The molecule has 294 valence electrons. The Labute approximate surface area is 308 Å². The number of ether oxygens (including phenoxy) is 1. The summed E-state index contributed by atoms with van der Waals surface area (Å²) in [5.41, 5.74) is -1.02. The lowest BCUT2D eigenvalue weighted by Gasteiger charge is -2.47. The van der Waals surface area contributed by atoms with E-state index < -0.39 is 25.1 Å². The van der Waals surface area contributed by atoms with Crippen LogP contribution in [0.3, 0.4) is 0 Å². The molecule has 50 heavy (non-hydrogen) atoms. The first-order valence-electron chi connectivity index (χ1n) is 16.4. The van der Waals surface area contributed by atoms with E-state index in [9.17, 15) is 28.6 Å². The predicted octanol–water partition coefficient (Wildman–Crippen LogP) is 5.30. The highest BCUT2D eigenvalue weighted by atomic mass is 32.2. The first kappa shape index (κ1) is 50.4. The van der Waals surface area contributed by atoms with Crippen molar-refractivity contribution in [2.45, 2.75) is 117 Å². The van der Waals surface area contributed by atoms with Crippen LogP contribution in [0.4, 0.5) is 0 Å². The number of rotatable bonds is 14. The van der Waals surface area contributed by atoms with Gasteiger partial charge in [-0.05, 0) is 44.4 Å². The molecule has 0 saturated carbocycles. The van der Waals surface area contributed by atoms with E-state index in [-0.39, 0.29) is 91.3 Å². The Kier molecular flexibility index (Phi) is 21.9. The third-order valence-electron chi connectivity index (χ3n) is 7.08. The third kappa shape index (κ3) is 21.6. The lowest BCUT2D eigenvalue weighted by Crippen LogP contribution is -2.40. The smallest absolute Gasteiger partial charge is 0.472 e. The van der Waals surface area contributed by atoms with Gasteiger partial charge in [0.05, 0.1) is 35.2 Å². The lowest BCUT2D eigenvalue weighted by atomic mass is 9.76. The SMILES string of the molecule is CC(C)(C)CC(C)(C)C(=O)OCCCOP(=O)(O)OCCNC(=O)CCN1C(=O)CC(C(C)(C)C)C1=O.CC1(C)CC(C)(S)S1.CO.O=CO. The molecule has 0 spiro atoms. The van der Waals surface area contributed by atoms with E-state index >= 15 is 0 Å². The summed E-state index contributed by atoms with van der Waals surface area (Å²) in [4.78, 5) is 68.1. The Hall–Kier alpha value is -1.68. The second kappa shape index (κ2) is 21.8. The fourth-order valence-corrected chi connectivity index (χ4v) is 9.40. The largest absolute Gasteiger partial charge is 0.483 e. The van der Waals surface area contributed by atoms with Crippen molar-refractivity contribution in [1.82, 2.24) is 10.2 Å². The molecular formula is C33H63N2O12PS2. The molecule has 3 unspecified atom stereocenters. The van der Waals surface area contributed by atoms with E-state index in [0.717, 1.165) is 12.0 Å². The van der Waals surface area contributed by atoms with Crippen LogP contribution < -0.4 is 5.32 Å². The topological polar surface area (TPSA) is 206 Å². The van der Waals surface area contributed by atoms with E-state index in [4.69, 9.17) is 28.8 Å². The molecule has 17 heteroatoms. The third-order valence-corrected chi connectivity index (χ3v) is 9.81. The van der Waals surface area contributed by atoms with Gasteiger partial charge < -0.3 is 25.2 Å². The van der Waals surface area contributed by atoms with E-state index in [2.05, 4.69) is 38.7 Å². The molecule has 0 radical (unpaired) electrons. The van der Waals surface area contributed by atoms with Gasteiger partial charge in [0.2, 0.25) is 17.7 Å². The Morgan fingerprint density at radius 3 is 1.94 bits per heavy atom. The van der Waals surface area contributed by atoms with Gasteiger partial charge in [0, 0.05) is 44.2 Å². The average molecular weight is 775 g/mol. The van der Waals surface area contributed by atoms with Crippen molar-refractivity contribution in [2.75, 3.05) is 40.0 Å². The van der Waals surface area contributed by atoms with Gasteiger partial charge >= 0.3 is 13.8 Å². The van der Waals surface area contributed by atoms with Crippen molar-refractivity contribution >= 4 is 62.4 Å². The fraction of sp³-hybridized carbons (Fsp3) is 0.848. The second-order valence-corrected chi connectivity index (χ2v) is 20.6. The molecule has 2 fully saturated rings. The van der Waals surface area contributed by atoms with E-state index in [0.29, 0.717) is 11.2 Å². The average Bonchev–Trinajstić information content (AvgIpc) is 3.22. The van der Waals surface area contributed by atoms with Crippen LogP contribution in [0.25, 0.3) is 0 Å². The number of phosphoric acid groups is 1. The number of aliphatic hydroxyl groups excluding tert-OH is 1. The number of aliphatic hydroxyl groups is 1. The predicted molar refractivity (Wildman–Crippen MR) is 198 cm³/mol. The molecule has 2 heterocycles. The highest BCUT2D eigenvalue weighted by Crippen LogP contribution is 2.56. The zero-order valence-electron chi connectivity index (χ0n) is 32.0. The number of nitrogens with one attached hydrogen (secondary N) is 1. The van der Waals surface area contributed by atoms with Crippen LogP contribution in [0.1, 0.15) is 108 Å². The minimum Gasteiger partial charge on any atom is -0.483 e. The van der Waals surface area contributed by atoms with Crippen LogP contribution in [0, 0.1) is 22.2 Å². The summed E-state index contributed by atoms with van der Waals surface area (Å²) >= 11 is 6.37. The quantitative estimate of drug-likeness (QED) is 0.0380. The number of nitrogens with zero attached hydrogens (tertiary/aromatic N) is 1. The molecular weight excluding hydrogens is 711 g/mol. The maximum absolute atomic E-state index is 12.5. The molecule has 0 aromatic rings. The number of carbonyl (C=O) groups excluding carboxylic acids is 4. The molecule has 4 N–H and O–H groups in total. The molecule has 3 amide bonds. The van der Waals surface area contributed by atoms with Gasteiger partial charge in [0.25, 0.3) is 6.47 Å². The number of thiol groups is 1. The van der Waals surface area contributed by atoms with Crippen LogP contribution in [0.15, 0.2) is 0 Å². The number of phosphoric ester groups is 1. The summed E-state index contributed by atoms with van der Waals surface area (Å²) in [6, 6.07) is 0. The number of thioether (sulfide) groups is 1. The minimum absolute atomic E-state index is 0.0174. The first-order valence-corrected chi connectivity index (χ1v) is 19.2. The Balaban J connectivity index is 0.